The van der Waals surface area contributed by atoms with Gasteiger partial charge in [-0.3, -0.25) is 0 Å². The monoisotopic (exact) mass is 528 g/mol. The summed E-state index contributed by atoms with van der Waals surface area (Å²) in [5.41, 5.74) is 8.98. The van der Waals surface area contributed by atoms with E-state index in [4.69, 9.17) is 0 Å². The molecule has 3 aromatic rings. The van der Waals surface area contributed by atoms with Gasteiger partial charge in [-0.05, 0) is 69.6 Å². The van der Waals surface area contributed by atoms with Crippen molar-refractivity contribution in [3.8, 4) is 0 Å². The largest absolute Gasteiger partial charge is 0.350 e. The fraction of sp³-hybridized carbons (Fsp3) is 0.400. The van der Waals surface area contributed by atoms with Gasteiger partial charge in [0.1, 0.15) is 0 Å². The number of hydrazone groups is 1. The Morgan fingerprint density at radius 1 is 1.15 bits per heavy atom. The van der Waals surface area contributed by atoms with Gasteiger partial charge in [0.25, 0.3) is 0 Å². The highest BCUT2D eigenvalue weighted by atomic mass is 19.1. The Labute approximate surface area is 229 Å². The minimum Gasteiger partial charge on any atom is -0.350 e. The molecule has 0 atom stereocenters. The van der Waals surface area contributed by atoms with Gasteiger partial charge >= 0.3 is 0 Å². The molecule has 0 saturated carbocycles. The van der Waals surface area contributed by atoms with Gasteiger partial charge in [-0.15, -0.1) is 0 Å². The Morgan fingerprint density at radius 2 is 2.00 bits per heavy atom. The zero-order valence-corrected chi connectivity index (χ0v) is 22.7. The highest BCUT2D eigenvalue weighted by Crippen LogP contribution is 2.31. The van der Waals surface area contributed by atoms with Gasteiger partial charge in [0.05, 0.1) is 12.5 Å². The quantitative estimate of drug-likeness (QED) is 0.169. The van der Waals surface area contributed by atoms with Crippen LogP contribution in [0.4, 0.5) is 22.2 Å². The third-order valence-electron chi connectivity index (χ3n) is 7.28. The van der Waals surface area contributed by atoms with Crippen molar-refractivity contribution < 1.29 is 4.39 Å². The van der Waals surface area contributed by atoms with Crippen LogP contribution in [0.5, 0.6) is 0 Å². The first-order valence-corrected chi connectivity index (χ1v) is 13.9. The number of aryl methyl sites for hydroxylation is 1. The molecule has 0 unspecified atom stereocenters. The number of halogens is 1. The molecule has 3 heterocycles. The van der Waals surface area contributed by atoms with Gasteiger partial charge in [0.15, 0.2) is 0 Å². The van der Waals surface area contributed by atoms with Crippen LogP contribution in [0.2, 0.25) is 0 Å². The smallest absolute Gasteiger partial charge is 0.250 e. The molecular formula is C30H37FN8. The average molecular weight is 529 g/mol. The van der Waals surface area contributed by atoms with E-state index in [0.717, 1.165) is 56.5 Å². The van der Waals surface area contributed by atoms with E-state index in [1.165, 1.54) is 34.7 Å². The molecule has 0 amide bonds. The van der Waals surface area contributed by atoms with Crippen LogP contribution < -0.4 is 15.6 Å². The van der Waals surface area contributed by atoms with Crippen molar-refractivity contribution in [3.63, 3.8) is 0 Å². The summed E-state index contributed by atoms with van der Waals surface area (Å²) in [4.78, 5) is 16.0. The minimum absolute atomic E-state index is 0.383. The third-order valence-corrected chi connectivity index (χ3v) is 7.28. The first-order valence-electron chi connectivity index (χ1n) is 13.9. The van der Waals surface area contributed by atoms with Crippen molar-refractivity contribution in [2.75, 3.05) is 35.3 Å². The number of piperidine rings is 1. The zero-order valence-electron chi connectivity index (χ0n) is 22.7. The molecule has 1 aromatic carbocycles. The number of benzene rings is 1. The lowest BCUT2D eigenvalue weighted by Gasteiger charge is -2.26. The minimum atomic E-state index is 0.383. The Balaban J connectivity index is 1.33. The molecule has 1 saturated heterocycles. The maximum Gasteiger partial charge on any atom is 0.250 e. The van der Waals surface area contributed by atoms with Crippen molar-refractivity contribution in [2.24, 2.45) is 5.10 Å². The van der Waals surface area contributed by atoms with Crippen LogP contribution in [-0.4, -0.2) is 45.4 Å². The second-order valence-corrected chi connectivity index (χ2v) is 10.0. The summed E-state index contributed by atoms with van der Waals surface area (Å²) in [5.74, 6) is 1.48. The summed E-state index contributed by atoms with van der Waals surface area (Å²) in [6, 6.07) is 6.48. The lowest BCUT2D eigenvalue weighted by molar-refractivity contribution is 0.568. The second-order valence-electron chi connectivity index (χ2n) is 10.0. The Kier molecular flexibility index (Phi) is 8.65. The molecule has 1 aliphatic heterocycles. The molecule has 5 rings (SSSR count). The molecule has 1 aliphatic carbocycles. The van der Waals surface area contributed by atoms with E-state index < -0.39 is 0 Å². The van der Waals surface area contributed by atoms with E-state index in [1.807, 2.05) is 0 Å². The molecule has 0 bridgehead atoms. The van der Waals surface area contributed by atoms with E-state index >= 15 is 0 Å². The second kappa shape index (κ2) is 12.7. The normalized spacial score (nSPS) is 15.4. The lowest BCUT2D eigenvalue weighted by atomic mass is 10.0. The number of fused-ring (bicyclic) bond motifs is 3. The summed E-state index contributed by atoms with van der Waals surface area (Å²) in [7, 11) is 0. The predicted octanol–water partition coefficient (Wildman–Crippen LogP) is 6.47. The number of nitrogens with zero attached hydrogens (tertiary/aromatic N) is 6. The van der Waals surface area contributed by atoms with Crippen molar-refractivity contribution in [2.45, 2.75) is 58.4 Å². The van der Waals surface area contributed by atoms with Crippen molar-refractivity contribution in [3.05, 3.63) is 65.7 Å². The number of rotatable bonds is 11. The van der Waals surface area contributed by atoms with Gasteiger partial charge < -0.3 is 14.8 Å². The number of hydrogen-bond donors (Lipinski definition) is 2. The van der Waals surface area contributed by atoms with Crippen LogP contribution in [0.1, 0.15) is 62.3 Å². The number of aromatic nitrogens is 4. The van der Waals surface area contributed by atoms with Crippen LogP contribution in [0, 0.1) is 0 Å². The fourth-order valence-electron chi connectivity index (χ4n) is 5.31. The van der Waals surface area contributed by atoms with E-state index in [2.05, 4.69) is 84.1 Å². The molecular weight excluding hydrogens is 491 g/mol. The van der Waals surface area contributed by atoms with Crippen molar-refractivity contribution >= 4 is 41.0 Å². The SMILES string of the molecule is C=C(CC/C=C/F)CNc1nc(N/N=C/c2ccc3c(c2)c2c(n3CC)CCC=C2)nc(N2CCCCC2)n1. The van der Waals surface area contributed by atoms with E-state index in [9.17, 15) is 4.39 Å². The molecule has 8 nitrogen and oxygen atoms in total. The van der Waals surface area contributed by atoms with E-state index in [-0.39, 0.29) is 0 Å². The van der Waals surface area contributed by atoms with Gasteiger partial charge in [0, 0.05) is 48.3 Å². The highest BCUT2D eigenvalue weighted by molar-refractivity contribution is 5.96. The highest BCUT2D eigenvalue weighted by Gasteiger charge is 2.18. The molecule has 2 aromatic heterocycles. The summed E-state index contributed by atoms with van der Waals surface area (Å²) in [5, 5.41) is 8.98. The number of anilines is 3. The van der Waals surface area contributed by atoms with Crippen LogP contribution in [0.3, 0.4) is 0 Å². The first kappa shape index (κ1) is 26.6. The Bertz CT molecular complexity index is 1400. The molecule has 0 spiro atoms. The van der Waals surface area contributed by atoms with E-state index in [1.54, 1.807) is 6.21 Å². The summed E-state index contributed by atoms with van der Waals surface area (Å²) < 4.78 is 14.7. The van der Waals surface area contributed by atoms with Gasteiger partial charge in [-0.1, -0.05) is 36.4 Å². The molecule has 39 heavy (non-hydrogen) atoms. The number of hydrogen-bond acceptors (Lipinski definition) is 7. The first-order chi connectivity index (χ1) is 19.2. The summed E-state index contributed by atoms with van der Waals surface area (Å²) >= 11 is 0. The molecule has 0 radical (unpaired) electrons. The van der Waals surface area contributed by atoms with Crippen molar-refractivity contribution in [1.29, 1.82) is 0 Å². The molecule has 2 aliphatic rings. The van der Waals surface area contributed by atoms with E-state index in [0.29, 0.717) is 43.6 Å². The zero-order chi connectivity index (χ0) is 27.0. The predicted molar refractivity (Wildman–Crippen MR) is 159 cm³/mol. The Morgan fingerprint density at radius 3 is 2.82 bits per heavy atom. The molecule has 9 heteroatoms. The van der Waals surface area contributed by atoms with Crippen molar-refractivity contribution in [1.82, 2.24) is 19.5 Å². The van der Waals surface area contributed by atoms with Crippen LogP contribution >= 0.6 is 0 Å². The molecule has 2 N–H and O–H groups in total. The average Bonchev–Trinajstić information content (AvgIpc) is 3.29. The maximum atomic E-state index is 12.2. The van der Waals surface area contributed by atoms with Gasteiger partial charge in [-0.2, -0.15) is 20.1 Å². The number of nitrogens with one attached hydrogen (secondary N) is 2. The topological polar surface area (TPSA) is 83.3 Å². The number of allylic oxidation sites excluding steroid dienone is 2. The fourth-order valence-corrected chi connectivity index (χ4v) is 5.31. The summed E-state index contributed by atoms with van der Waals surface area (Å²) in [6.45, 7) is 9.58. The summed E-state index contributed by atoms with van der Waals surface area (Å²) in [6.07, 6.45) is 15.3. The van der Waals surface area contributed by atoms with Crippen LogP contribution in [0.25, 0.3) is 17.0 Å². The van der Waals surface area contributed by atoms with Gasteiger partial charge in [0.2, 0.25) is 17.8 Å². The van der Waals surface area contributed by atoms with Crippen LogP contribution in [0.15, 0.2) is 53.9 Å². The molecule has 204 valence electrons. The lowest BCUT2D eigenvalue weighted by Crippen LogP contribution is -2.31. The Hall–Kier alpha value is -4.01. The van der Waals surface area contributed by atoms with Gasteiger partial charge in [-0.25, -0.2) is 9.82 Å². The standard InChI is InChI=1S/C30H37FN8/c1-3-39-26-13-6-5-12-24(26)25-19-23(14-15-27(25)39)21-33-37-29-34-28(32-20-22(2)11-7-8-16-31)35-30(36-29)38-17-9-4-10-18-38/h5,8,12,14-16,19,21H,2-4,6-7,9-11,13,17-18,20H2,1H3,(H2,32,34,35,36,37)/b16-8+,33-21+. The maximum absolute atomic E-state index is 12.2. The molecule has 1 fully saturated rings. The van der Waals surface area contributed by atoms with Crippen LogP contribution in [-0.2, 0) is 13.0 Å². The third kappa shape index (κ3) is 6.35.